The van der Waals surface area contributed by atoms with Gasteiger partial charge in [-0.05, 0) is 26.2 Å². The zero-order valence-electron chi connectivity index (χ0n) is 9.69. The highest BCUT2D eigenvalue weighted by molar-refractivity contribution is 5.42. The molecular formula is C12H18N4. The molecule has 1 saturated heterocycles. The normalized spacial score (nSPS) is 25.1. The van der Waals surface area contributed by atoms with Gasteiger partial charge in [-0.1, -0.05) is 0 Å². The zero-order valence-corrected chi connectivity index (χ0v) is 9.69. The fourth-order valence-corrected chi connectivity index (χ4v) is 2.32. The second-order valence-corrected chi connectivity index (χ2v) is 4.97. The predicted molar refractivity (Wildman–Crippen MR) is 63.5 cm³/mol. The summed E-state index contributed by atoms with van der Waals surface area (Å²) >= 11 is 0. The van der Waals surface area contributed by atoms with Crippen molar-refractivity contribution < 1.29 is 0 Å². The third-order valence-electron chi connectivity index (χ3n) is 3.39. The van der Waals surface area contributed by atoms with Crippen LogP contribution in [0.2, 0.25) is 0 Å². The van der Waals surface area contributed by atoms with Gasteiger partial charge in [-0.25, -0.2) is 9.97 Å². The van der Waals surface area contributed by atoms with Crippen molar-refractivity contribution in [2.24, 2.45) is 5.73 Å². The van der Waals surface area contributed by atoms with E-state index < -0.39 is 0 Å². The van der Waals surface area contributed by atoms with Crippen molar-refractivity contribution >= 4 is 5.82 Å². The first-order valence-corrected chi connectivity index (χ1v) is 6.08. The number of hydrogen-bond acceptors (Lipinski definition) is 4. The average Bonchev–Trinajstić information content (AvgIpc) is 3.01. The molecular weight excluding hydrogens is 200 g/mol. The quantitative estimate of drug-likeness (QED) is 0.810. The Balaban J connectivity index is 1.88. The molecule has 2 heterocycles. The molecule has 2 aliphatic rings. The maximum absolute atomic E-state index is 5.93. The number of hydrogen-bond donors (Lipinski definition) is 1. The largest absolute Gasteiger partial charge is 0.355 e. The average molecular weight is 218 g/mol. The summed E-state index contributed by atoms with van der Waals surface area (Å²) in [6.07, 6.45) is 3.65. The van der Waals surface area contributed by atoms with Gasteiger partial charge in [-0.2, -0.15) is 0 Å². The lowest BCUT2D eigenvalue weighted by atomic mass is 10.2. The van der Waals surface area contributed by atoms with Gasteiger partial charge in [0.2, 0.25) is 0 Å². The molecule has 1 aromatic heterocycles. The van der Waals surface area contributed by atoms with E-state index in [1.165, 1.54) is 18.5 Å². The smallest absolute Gasteiger partial charge is 0.132 e. The van der Waals surface area contributed by atoms with Crippen LogP contribution in [0.5, 0.6) is 0 Å². The number of nitrogens with two attached hydrogens (primary N) is 1. The lowest BCUT2D eigenvalue weighted by Crippen LogP contribution is -2.27. The fourth-order valence-electron chi connectivity index (χ4n) is 2.32. The molecule has 1 atom stereocenters. The lowest BCUT2D eigenvalue weighted by Gasteiger charge is -2.17. The molecule has 0 radical (unpaired) electrons. The minimum Gasteiger partial charge on any atom is -0.355 e. The summed E-state index contributed by atoms with van der Waals surface area (Å²) in [6, 6.07) is 2.46. The summed E-state index contributed by atoms with van der Waals surface area (Å²) in [6.45, 7) is 3.94. The van der Waals surface area contributed by atoms with Crippen molar-refractivity contribution in [2.75, 3.05) is 18.0 Å². The maximum Gasteiger partial charge on any atom is 0.132 e. The van der Waals surface area contributed by atoms with Gasteiger partial charge in [0.1, 0.15) is 11.6 Å². The first kappa shape index (κ1) is 10.0. The number of rotatable bonds is 2. The van der Waals surface area contributed by atoms with Gasteiger partial charge in [0, 0.05) is 36.8 Å². The third-order valence-corrected chi connectivity index (χ3v) is 3.39. The Morgan fingerprint density at radius 1 is 1.31 bits per heavy atom. The maximum atomic E-state index is 5.93. The van der Waals surface area contributed by atoms with E-state index in [1.807, 2.05) is 6.92 Å². The first-order chi connectivity index (χ1) is 7.72. The summed E-state index contributed by atoms with van der Waals surface area (Å²) in [5.74, 6) is 2.65. The Morgan fingerprint density at radius 2 is 2.12 bits per heavy atom. The topological polar surface area (TPSA) is 55.0 Å². The fraction of sp³-hybridized carbons (Fsp3) is 0.667. The SMILES string of the molecule is Cc1nc(C2CC2)cc(N2CC[C@H](N)C2)n1. The number of aryl methyl sites for hydroxylation is 1. The van der Waals surface area contributed by atoms with Crippen molar-refractivity contribution in [2.45, 2.75) is 38.1 Å². The van der Waals surface area contributed by atoms with Gasteiger partial charge < -0.3 is 10.6 Å². The molecule has 2 N–H and O–H groups in total. The van der Waals surface area contributed by atoms with Crippen LogP contribution in [0, 0.1) is 6.92 Å². The lowest BCUT2D eigenvalue weighted by molar-refractivity contribution is 0.750. The molecule has 1 aliphatic carbocycles. The third kappa shape index (κ3) is 1.89. The molecule has 0 spiro atoms. The Morgan fingerprint density at radius 3 is 2.75 bits per heavy atom. The van der Waals surface area contributed by atoms with E-state index in [2.05, 4.69) is 20.9 Å². The first-order valence-electron chi connectivity index (χ1n) is 6.08. The van der Waals surface area contributed by atoms with Gasteiger partial charge in [-0.3, -0.25) is 0 Å². The van der Waals surface area contributed by atoms with Crippen LogP contribution in [0.1, 0.15) is 36.7 Å². The summed E-state index contributed by atoms with van der Waals surface area (Å²) in [5, 5.41) is 0. The molecule has 2 fully saturated rings. The number of aromatic nitrogens is 2. The highest BCUT2D eigenvalue weighted by Crippen LogP contribution is 2.39. The second kappa shape index (κ2) is 3.70. The molecule has 1 saturated carbocycles. The van der Waals surface area contributed by atoms with Gasteiger partial charge >= 0.3 is 0 Å². The van der Waals surface area contributed by atoms with Crippen LogP contribution < -0.4 is 10.6 Å². The molecule has 1 aliphatic heterocycles. The standard InChI is InChI=1S/C12H18N4/c1-8-14-11(9-2-3-9)6-12(15-8)16-5-4-10(13)7-16/h6,9-10H,2-5,7,13H2,1H3/t10-/m0/s1. The summed E-state index contributed by atoms with van der Waals surface area (Å²) in [4.78, 5) is 11.3. The molecule has 86 valence electrons. The van der Waals surface area contributed by atoms with Crippen molar-refractivity contribution in [3.63, 3.8) is 0 Å². The minimum absolute atomic E-state index is 0.305. The molecule has 0 aromatic carbocycles. The monoisotopic (exact) mass is 218 g/mol. The van der Waals surface area contributed by atoms with Crippen LogP contribution >= 0.6 is 0 Å². The van der Waals surface area contributed by atoms with E-state index in [-0.39, 0.29) is 0 Å². The summed E-state index contributed by atoms with van der Waals surface area (Å²) < 4.78 is 0. The van der Waals surface area contributed by atoms with Crippen molar-refractivity contribution in [3.8, 4) is 0 Å². The molecule has 0 amide bonds. The summed E-state index contributed by atoms with van der Waals surface area (Å²) in [7, 11) is 0. The molecule has 16 heavy (non-hydrogen) atoms. The van der Waals surface area contributed by atoms with Crippen LogP contribution in [0.3, 0.4) is 0 Å². The molecule has 4 heteroatoms. The molecule has 4 nitrogen and oxygen atoms in total. The van der Waals surface area contributed by atoms with Gasteiger partial charge in [0.25, 0.3) is 0 Å². The van der Waals surface area contributed by atoms with Crippen molar-refractivity contribution in [1.29, 1.82) is 0 Å². The van der Waals surface area contributed by atoms with Gasteiger partial charge in [-0.15, -0.1) is 0 Å². The zero-order chi connectivity index (χ0) is 11.1. The Kier molecular flexibility index (Phi) is 2.32. The number of anilines is 1. The van der Waals surface area contributed by atoms with Crippen molar-refractivity contribution in [3.05, 3.63) is 17.6 Å². The van der Waals surface area contributed by atoms with Crippen LogP contribution in [0.15, 0.2) is 6.07 Å². The van der Waals surface area contributed by atoms with Crippen molar-refractivity contribution in [1.82, 2.24) is 9.97 Å². The Labute approximate surface area is 95.9 Å². The van der Waals surface area contributed by atoms with E-state index in [0.717, 1.165) is 31.2 Å². The van der Waals surface area contributed by atoms with E-state index in [0.29, 0.717) is 12.0 Å². The summed E-state index contributed by atoms with van der Waals surface area (Å²) in [5.41, 5.74) is 7.15. The van der Waals surface area contributed by atoms with E-state index in [4.69, 9.17) is 5.73 Å². The molecule has 0 bridgehead atoms. The Bertz CT molecular complexity index is 400. The number of nitrogens with zero attached hydrogens (tertiary/aromatic N) is 3. The predicted octanol–water partition coefficient (Wildman–Crippen LogP) is 1.20. The highest BCUT2D eigenvalue weighted by atomic mass is 15.2. The molecule has 1 aromatic rings. The van der Waals surface area contributed by atoms with E-state index >= 15 is 0 Å². The van der Waals surface area contributed by atoms with Crippen LogP contribution in [0.4, 0.5) is 5.82 Å². The van der Waals surface area contributed by atoms with Gasteiger partial charge in [0.05, 0.1) is 0 Å². The van der Waals surface area contributed by atoms with E-state index in [9.17, 15) is 0 Å². The van der Waals surface area contributed by atoms with Crippen LogP contribution in [-0.2, 0) is 0 Å². The Hall–Kier alpha value is -1.16. The molecule has 3 rings (SSSR count). The van der Waals surface area contributed by atoms with Gasteiger partial charge in [0.15, 0.2) is 0 Å². The van der Waals surface area contributed by atoms with Crippen LogP contribution in [-0.4, -0.2) is 29.1 Å². The highest BCUT2D eigenvalue weighted by Gasteiger charge is 2.27. The minimum atomic E-state index is 0.305. The van der Waals surface area contributed by atoms with Crippen LogP contribution in [0.25, 0.3) is 0 Å². The second-order valence-electron chi connectivity index (χ2n) is 4.97. The van der Waals surface area contributed by atoms with E-state index in [1.54, 1.807) is 0 Å². The molecule has 0 unspecified atom stereocenters.